The van der Waals surface area contributed by atoms with Gasteiger partial charge in [-0.25, -0.2) is 12.8 Å². The zero-order valence-electron chi connectivity index (χ0n) is 16.4. The molecule has 0 aliphatic carbocycles. The van der Waals surface area contributed by atoms with Gasteiger partial charge in [-0.1, -0.05) is 18.3 Å². The molecule has 0 radical (unpaired) electrons. The molecule has 29 heavy (non-hydrogen) atoms. The van der Waals surface area contributed by atoms with Crippen LogP contribution < -0.4 is 4.80 Å². The molecule has 1 fully saturated rings. The standard InChI is InChI=1S/C19H24FN3O4S2/c1-3-14-6-4-5-9-23(14)18(25)12-29(26,27)11-17(24)21-19-22(2)15-8-7-13(20)10-16(15)28-19/h7-8,10,14H,3-6,9,11-12H2,1-2H3. The summed E-state index contributed by atoms with van der Waals surface area (Å²) in [6, 6.07) is 4.27. The van der Waals surface area contributed by atoms with Crippen molar-refractivity contribution in [2.45, 2.75) is 38.6 Å². The van der Waals surface area contributed by atoms with Gasteiger partial charge >= 0.3 is 0 Å². The number of sulfone groups is 1. The Kier molecular flexibility index (Phi) is 6.52. The van der Waals surface area contributed by atoms with Gasteiger partial charge in [-0.3, -0.25) is 9.59 Å². The molecule has 1 atom stereocenters. The lowest BCUT2D eigenvalue weighted by molar-refractivity contribution is -0.132. The SMILES string of the molecule is CCC1CCCCN1C(=O)CS(=O)(=O)CC(=O)N=c1sc2cc(F)ccc2n1C. The van der Waals surface area contributed by atoms with Crippen molar-refractivity contribution in [3.05, 3.63) is 28.8 Å². The molecule has 1 saturated heterocycles. The molecule has 1 aromatic carbocycles. The molecule has 0 N–H and O–H groups in total. The number of hydrogen-bond donors (Lipinski definition) is 0. The molecule has 1 aromatic heterocycles. The fraction of sp³-hybridized carbons (Fsp3) is 0.526. The van der Waals surface area contributed by atoms with Crippen LogP contribution >= 0.6 is 11.3 Å². The highest BCUT2D eigenvalue weighted by Crippen LogP contribution is 2.20. The van der Waals surface area contributed by atoms with E-state index in [4.69, 9.17) is 0 Å². The summed E-state index contributed by atoms with van der Waals surface area (Å²) in [5.41, 5.74) is 0.691. The second-order valence-electron chi connectivity index (χ2n) is 7.24. The first kappa shape index (κ1) is 21.6. The monoisotopic (exact) mass is 441 g/mol. The molecule has 3 rings (SSSR count). The first-order valence-electron chi connectivity index (χ1n) is 9.52. The summed E-state index contributed by atoms with van der Waals surface area (Å²) in [6.45, 7) is 2.53. The van der Waals surface area contributed by atoms with E-state index in [1.54, 1.807) is 22.6 Å². The number of piperidine rings is 1. The van der Waals surface area contributed by atoms with E-state index >= 15 is 0 Å². The number of amides is 2. The third-order valence-electron chi connectivity index (χ3n) is 5.10. The second-order valence-corrected chi connectivity index (χ2v) is 10.3. The van der Waals surface area contributed by atoms with Crippen molar-refractivity contribution in [2.24, 2.45) is 12.0 Å². The Morgan fingerprint density at radius 1 is 1.28 bits per heavy atom. The van der Waals surface area contributed by atoms with E-state index in [1.807, 2.05) is 6.92 Å². The minimum absolute atomic E-state index is 0.0600. The van der Waals surface area contributed by atoms with E-state index in [-0.39, 0.29) is 10.8 Å². The van der Waals surface area contributed by atoms with Crippen LogP contribution in [0.15, 0.2) is 23.2 Å². The highest BCUT2D eigenvalue weighted by Gasteiger charge is 2.29. The molecule has 158 valence electrons. The molecule has 1 unspecified atom stereocenters. The zero-order chi connectivity index (χ0) is 21.2. The summed E-state index contributed by atoms with van der Waals surface area (Å²) < 4.78 is 40.4. The number of carbonyl (C=O) groups is 2. The van der Waals surface area contributed by atoms with Crippen LogP contribution in [0.3, 0.4) is 0 Å². The smallest absolute Gasteiger partial charge is 0.263 e. The lowest BCUT2D eigenvalue weighted by atomic mass is 10.0. The highest BCUT2D eigenvalue weighted by molar-refractivity contribution is 7.92. The number of carbonyl (C=O) groups excluding carboxylic acids is 2. The highest BCUT2D eigenvalue weighted by atomic mass is 32.2. The first-order valence-corrected chi connectivity index (χ1v) is 12.2. The predicted octanol–water partition coefficient (Wildman–Crippen LogP) is 2.01. The second kappa shape index (κ2) is 8.74. The van der Waals surface area contributed by atoms with E-state index in [0.717, 1.165) is 37.0 Å². The summed E-state index contributed by atoms with van der Waals surface area (Å²) in [5, 5.41) is 0. The fourth-order valence-electron chi connectivity index (χ4n) is 3.62. The Hall–Kier alpha value is -2.07. The number of hydrogen-bond acceptors (Lipinski definition) is 5. The van der Waals surface area contributed by atoms with Crippen LogP contribution in [0.1, 0.15) is 32.6 Å². The zero-order valence-corrected chi connectivity index (χ0v) is 18.1. The minimum Gasteiger partial charge on any atom is -0.339 e. The fourth-order valence-corrected chi connectivity index (χ4v) is 5.76. The summed E-state index contributed by atoms with van der Waals surface area (Å²) in [6.07, 6.45) is 3.55. The van der Waals surface area contributed by atoms with Crippen molar-refractivity contribution in [1.29, 1.82) is 0 Å². The van der Waals surface area contributed by atoms with Crippen LogP contribution in [0.25, 0.3) is 10.2 Å². The van der Waals surface area contributed by atoms with Gasteiger partial charge in [-0.2, -0.15) is 4.99 Å². The van der Waals surface area contributed by atoms with Gasteiger partial charge in [0.15, 0.2) is 14.6 Å². The number of benzene rings is 1. The Labute approximate surface area is 172 Å². The maximum Gasteiger partial charge on any atom is 0.263 e. The molecule has 0 bridgehead atoms. The van der Waals surface area contributed by atoms with Gasteiger partial charge in [0.2, 0.25) is 5.91 Å². The third kappa shape index (κ3) is 5.11. The number of thiazole rings is 1. The molecule has 2 aromatic rings. The molecule has 2 amide bonds. The van der Waals surface area contributed by atoms with Crippen molar-refractivity contribution in [3.63, 3.8) is 0 Å². The van der Waals surface area contributed by atoms with E-state index in [9.17, 15) is 22.4 Å². The van der Waals surface area contributed by atoms with Gasteiger partial charge in [0.05, 0.1) is 10.2 Å². The van der Waals surface area contributed by atoms with Crippen molar-refractivity contribution in [2.75, 3.05) is 18.1 Å². The molecule has 10 heteroatoms. The summed E-state index contributed by atoms with van der Waals surface area (Å²) in [5.74, 6) is -3.21. The van der Waals surface area contributed by atoms with Crippen molar-refractivity contribution in [1.82, 2.24) is 9.47 Å². The normalized spacial score (nSPS) is 18.4. The van der Waals surface area contributed by atoms with E-state index in [1.165, 1.54) is 12.1 Å². The Balaban J connectivity index is 1.73. The minimum atomic E-state index is -3.93. The van der Waals surface area contributed by atoms with Gasteiger partial charge in [0.25, 0.3) is 5.91 Å². The molecule has 1 aliphatic rings. The largest absolute Gasteiger partial charge is 0.339 e. The van der Waals surface area contributed by atoms with Gasteiger partial charge in [-0.15, -0.1) is 0 Å². The first-order chi connectivity index (χ1) is 13.7. The van der Waals surface area contributed by atoms with Crippen LogP contribution in [0.2, 0.25) is 0 Å². The number of fused-ring (bicyclic) bond motifs is 1. The third-order valence-corrected chi connectivity index (χ3v) is 7.57. The molecule has 7 nitrogen and oxygen atoms in total. The van der Waals surface area contributed by atoms with Crippen LogP contribution in [0.5, 0.6) is 0 Å². The van der Waals surface area contributed by atoms with E-state index in [2.05, 4.69) is 4.99 Å². The number of aryl methyl sites for hydroxylation is 1. The van der Waals surface area contributed by atoms with Gasteiger partial charge in [-0.05, 0) is 43.9 Å². The lowest BCUT2D eigenvalue weighted by Gasteiger charge is -2.35. The molecular formula is C19H24FN3O4S2. The van der Waals surface area contributed by atoms with Crippen LogP contribution in [0.4, 0.5) is 4.39 Å². The topological polar surface area (TPSA) is 88.8 Å². The summed E-state index contributed by atoms with van der Waals surface area (Å²) >= 11 is 1.10. The summed E-state index contributed by atoms with van der Waals surface area (Å²) in [7, 11) is -2.26. The Bertz CT molecular complexity index is 1100. The van der Waals surface area contributed by atoms with Crippen molar-refractivity contribution < 1.29 is 22.4 Å². The van der Waals surface area contributed by atoms with Crippen molar-refractivity contribution in [3.8, 4) is 0 Å². The number of rotatable bonds is 5. The number of halogens is 1. The van der Waals surface area contributed by atoms with E-state index in [0.29, 0.717) is 16.8 Å². The van der Waals surface area contributed by atoms with Gasteiger partial charge < -0.3 is 9.47 Å². The van der Waals surface area contributed by atoms with Crippen molar-refractivity contribution >= 4 is 43.2 Å². The Morgan fingerprint density at radius 3 is 2.76 bits per heavy atom. The summed E-state index contributed by atoms with van der Waals surface area (Å²) in [4.78, 5) is 30.5. The van der Waals surface area contributed by atoms with E-state index < -0.39 is 39.0 Å². The number of nitrogens with zero attached hydrogens (tertiary/aromatic N) is 3. The quantitative estimate of drug-likeness (QED) is 0.710. The van der Waals surface area contributed by atoms with Crippen LogP contribution in [-0.2, 0) is 26.5 Å². The molecule has 0 saturated carbocycles. The molecule has 1 aliphatic heterocycles. The molecule has 0 spiro atoms. The van der Waals surface area contributed by atoms with Crippen LogP contribution in [-0.4, -0.2) is 53.8 Å². The number of likely N-dealkylation sites (tertiary alicyclic amines) is 1. The Morgan fingerprint density at radius 2 is 2.03 bits per heavy atom. The average Bonchev–Trinajstić information content (AvgIpc) is 2.95. The van der Waals surface area contributed by atoms with Gasteiger partial charge in [0, 0.05) is 19.6 Å². The number of aromatic nitrogens is 1. The predicted molar refractivity (Wildman–Crippen MR) is 110 cm³/mol. The lowest BCUT2D eigenvalue weighted by Crippen LogP contribution is -2.46. The average molecular weight is 442 g/mol. The maximum absolute atomic E-state index is 13.4. The maximum atomic E-state index is 13.4. The van der Waals surface area contributed by atoms with Gasteiger partial charge in [0.1, 0.15) is 17.3 Å². The van der Waals surface area contributed by atoms with Crippen LogP contribution in [0, 0.1) is 5.82 Å². The molecule has 2 heterocycles. The molecular weight excluding hydrogens is 417 g/mol.